The first-order valence-corrected chi connectivity index (χ1v) is 16.5. The quantitative estimate of drug-likeness (QED) is 0.240. The van der Waals surface area contributed by atoms with Crippen LogP contribution in [0.2, 0.25) is 10.0 Å². The summed E-state index contributed by atoms with van der Waals surface area (Å²) in [6, 6.07) is 11.3. The topological polar surface area (TPSA) is 138 Å². The van der Waals surface area contributed by atoms with E-state index in [-0.39, 0.29) is 52.6 Å². The predicted octanol–water partition coefficient (Wildman–Crippen LogP) is 5.70. The fourth-order valence-corrected chi connectivity index (χ4v) is 7.27. The summed E-state index contributed by atoms with van der Waals surface area (Å²) in [5, 5.41) is 16.1. The van der Waals surface area contributed by atoms with Gasteiger partial charge in [0.1, 0.15) is 12.1 Å². The first-order valence-electron chi connectivity index (χ1n) is 15.7. The van der Waals surface area contributed by atoms with Crippen LogP contribution in [0.15, 0.2) is 54.7 Å². The van der Waals surface area contributed by atoms with Gasteiger partial charge in [0.25, 0.3) is 11.8 Å². The largest absolute Gasteiger partial charge is 0.481 e. The highest BCUT2D eigenvalue weighted by atomic mass is 35.5. The number of hydrogen-bond donors (Lipinski definition) is 3. The van der Waals surface area contributed by atoms with Gasteiger partial charge in [0.15, 0.2) is 0 Å². The molecule has 12 heteroatoms. The monoisotopic (exact) mass is 668 g/mol. The van der Waals surface area contributed by atoms with E-state index in [4.69, 9.17) is 23.2 Å². The van der Waals surface area contributed by atoms with Crippen molar-refractivity contribution in [3.63, 3.8) is 0 Å². The van der Waals surface area contributed by atoms with E-state index >= 15 is 0 Å². The zero-order valence-corrected chi connectivity index (χ0v) is 27.0. The first-order chi connectivity index (χ1) is 22.0. The summed E-state index contributed by atoms with van der Waals surface area (Å²) in [6.45, 7) is 1.16. The Morgan fingerprint density at radius 2 is 1.43 bits per heavy atom. The van der Waals surface area contributed by atoms with Gasteiger partial charge in [-0.2, -0.15) is 0 Å². The number of nitrogens with zero attached hydrogens (tertiary/aromatic N) is 2. The van der Waals surface area contributed by atoms with Gasteiger partial charge in [-0.25, -0.2) is 0 Å². The molecule has 10 nitrogen and oxygen atoms in total. The molecule has 1 saturated heterocycles. The molecule has 46 heavy (non-hydrogen) atoms. The third-order valence-electron chi connectivity index (χ3n) is 9.31. The summed E-state index contributed by atoms with van der Waals surface area (Å²) < 4.78 is 1.40. The van der Waals surface area contributed by atoms with E-state index in [2.05, 4.69) is 10.6 Å². The zero-order chi connectivity index (χ0) is 32.8. The summed E-state index contributed by atoms with van der Waals surface area (Å²) in [5.74, 6) is -2.94. The number of benzene rings is 2. The predicted molar refractivity (Wildman–Crippen MR) is 175 cm³/mol. The molecular weight excluding hydrogens is 631 g/mol. The maximum atomic E-state index is 13.8. The van der Waals surface area contributed by atoms with Gasteiger partial charge in [0, 0.05) is 53.1 Å². The number of carboxylic acid groups (broad SMARTS) is 1. The molecule has 0 unspecified atom stereocenters. The highest BCUT2D eigenvalue weighted by Crippen LogP contribution is 2.46. The van der Waals surface area contributed by atoms with Crippen molar-refractivity contribution < 1.29 is 29.1 Å². The number of carbonyl (C=O) groups excluding carboxylic acids is 4. The number of piperidine rings is 1. The van der Waals surface area contributed by atoms with E-state index < -0.39 is 35.8 Å². The van der Waals surface area contributed by atoms with E-state index in [1.807, 2.05) is 12.1 Å². The molecule has 1 saturated carbocycles. The fourth-order valence-electron chi connectivity index (χ4n) is 6.74. The second-order valence-corrected chi connectivity index (χ2v) is 13.3. The van der Waals surface area contributed by atoms with Crippen molar-refractivity contribution >= 4 is 63.7 Å². The Morgan fingerprint density at radius 3 is 2.11 bits per heavy atom. The molecule has 3 amide bonds. The van der Waals surface area contributed by atoms with E-state index in [1.54, 1.807) is 29.3 Å². The average molecular weight is 670 g/mol. The van der Waals surface area contributed by atoms with Crippen LogP contribution >= 0.6 is 23.2 Å². The Kier molecular flexibility index (Phi) is 10.7. The number of likely N-dealkylation sites (tertiary alicyclic amines) is 1. The Morgan fingerprint density at radius 1 is 0.804 bits per heavy atom. The lowest BCUT2D eigenvalue weighted by atomic mass is 9.77. The first kappa shape index (κ1) is 33.5. The molecule has 0 radical (unpaired) electrons. The molecule has 2 aromatic carbocycles. The Bertz CT molecular complexity index is 1600. The molecular formula is C34H38Cl2N4O6. The molecule has 2 heterocycles. The number of para-hydroxylation sites is 1. The molecule has 1 aliphatic carbocycles. The van der Waals surface area contributed by atoms with Crippen LogP contribution in [-0.4, -0.2) is 69.3 Å². The van der Waals surface area contributed by atoms with Crippen LogP contribution in [0.5, 0.6) is 0 Å². The van der Waals surface area contributed by atoms with Gasteiger partial charge in [-0.05, 0) is 74.3 Å². The van der Waals surface area contributed by atoms with E-state index in [0.29, 0.717) is 18.6 Å². The third kappa shape index (κ3) is 8.09. The molecule has 1 aromatic heterocycles. The fraction of sp³-hybridized carbons (Fsp3) is 0.441. The van der Waals surface area contributed by atoms with Gasteiger partial charge in [-0.15, -0.1) is 0 Å². The second-order valence-electron chi connectivity index (χ2n) is 12.4. The lowest BCUT2D eigenvalue weighted by Gasteiger charge is -2.40. The summed E-state index contributed by atoms with van der Waals surface area (Å²) in [5.41, 5.74) is 1.11. The summed E-state index contributed by atoms with van der Waals surface area (Å²) in [6.07, 6.45) is 7.51. The molecule has 1 aliphatic heterocycles. The van der Waals surface area contributed by atoms with Crippen LogP contribution in [0, 0.1) is 5.41 Å². The van der Waals surface area contributed by atoms with Gasteiger partial charge in [0.2, 0.25) is 11.8 Å². The number of hydrogen-bond acceptors (Lipinski definition) is 5. The highest BCUT2D eigenvalue weighted by molar-refractivity contribution is 6.35. The molecule has 2 atom stereocenters. The normalized spacial score (nSPS) is 17.0. The van der Waals surface area contributed by atoms with Gasteiger partial charge in [0.05, 0.1) is 5.52 Å². The molecule has 2 aliphatic rings. The van der Waals surface area contributed by atoms with Crippen LogP contribution in [-0.2, 0) is 14.4 Å². The van der Waals surface area contributed by atoms with Crippen molar-refractivity contribution in [1.29, 1.82) is 0 Å². The number of nitrogens with one attached hydrogen (secondary N) is 2. The lowest BCUT2D eigenvalue weighted by Crippen LogP contribution is -2.52. The molecule has 3 aromatic rings. The van der Waals surface area contributed by atoms with Gasteiger partial charge in [-0.3, -0.25) is 28.5 Å². The van der Waals surface area contributed by atoms with Crippen molar-refractivity contribution in [3.05, 3.63) is 70.3 Å². The molecule has 2 fully saturated rings. The second kappa shape index (κ2) is 14.7. The Balaban J connectivity index is 1.29. The number of amides is 3. The summed E-state index contributed by atoms with van der Waals surface area (Å²) in [4.78, 5) is 66.9. The summed E-state index contributed by atoms with van der Waals surface area (Å²) >= 11 is 12.2. The van der Waals surface area contributed by atoms with E-state index in [9.17, 15) is 29.1 Å². The minimum Gasteiger partial charge on any atom is -0.481 e. The number of fused-ring (bicyclic) bond motifs is 1. The number of carboxylic acids is 1. The van der Waals surface area contributed by atoms with Crippen molar-refractivity contribution in [2.45, 2.75) is 76.3 Å². The lowest BCUT2D eigenvalue weighted by molar-refractivity contribution is -0.138. The Hall–Kier alpha value is -3.89. The minimum atomic E-state index is -1.11. The maximum absolute atomic E-state index is 13.8. The smallest absolute Gasteiger partial charge is 0.303 e. The maximum Gasteiger partial charge on any atom is 0.303 e. The number of halogens is 2. The van der Waals surface area contributed by atoms with Gasteiger partial charge in [-0.1, -0.05) is 54.2 Å². The van der Waals surface area contributed by atoms with Crippen LogP contribution in [0.4, 0.5) is 0 Å². The summed E-state index contributed by atoms with van der Waals surface area (Å²) in [7, 11) is 0. The molecule has 0 bridgehead atoms. The van der Waals surface area contributed by atoms with E-state index in [0.717, 1.165) is 18.2 Å². The standard InChI is InChI=1S/C34H38Cl2N4O6/c35-24-19-23(20-25(36)21-24)31(44)38-26(32(45)39-17-14-34(15-18-39)12-3-4-13-34)7-9-29(41)37-27(8-10-30(42)43)33(46)40-16-11-22-5-1-2-6-28(22)40/h1-2,5-6,11,16,19-21,26-27H,3-4,7-10,12-15,17-18H2,(H,37,41)(H,38,44)(H,42,43)/t26-,27+/m1/s1. The highest BCUT2D eigenvalue weighted by Gasteiger charge is 2.39. The van der Waals surface area contributed by atoms with Crippen molar-refractivity contribution in [2.24, 2.45) is 5.41 Å². The number of aliphatic carboxylic acids is 1. The number of rotatable bonds is 11. The SMILES string of the molecule is O=C(O)CC[C@H](NC(=O)CC[C@@H](NC(=O)c1cc(Cl)cc(Cl)c1)C(=O)N1CCC2(CCCC2)CC1)C(=O)n1ccc2ccccc21. The van der Waals surface area contributed by atoms with Crippen LogP contribution in [0.25, 0.3) is 10.9 Å². The van der Waals surface area contributed by atoms with Crippen molar-refractivity contribution in [3.8, 4) is 0 Å². The molecule has 244 valence electrons. The molecule has 5 rings (SSSR count). The van der Waals surface area contributed by atoms with Gasteiger partial charge >= 0.3 is 5.97 Å². The van der Waals surface area contributed by atoms with Crippen LogP contribution in [0.3, 0.4) is 0 Å². The number of aromatic nitrogens is 1. The van der Waals surface area contributed by atoms with Crippen molar-refractivity contribution in [2.75, 3.05) is 13.1 Å². The average Bonchev–Trinajstić information content (AvgIpc) is 3.67. The molecule has 1 spiro atoms. The minimum absolute atomic E-state index is 0.0291. The third-order valence-corrected chi connectivity index (χ3v) is 9.74. The molecule has 3 N–H and O–H groups in total. The van der Waals surface area contributed by atoms with Crippen LogP contribution in [0.1, 0.15) is 79.4 Å². The van der Waals surface area contributed by atoms with Crippen molar-refractivity contribution in [1.82, 2.24) is 20.1 Å². The van der Waals surface area contributed by atoms with Crippen LogP contribution < -0.4 is 10.6 Å². The zero-order valence-electron chi connectivity index (χ0n) is 25.5. The van der Waals surface area contributed by atoms with Gasteiger partial charge < -0.3 is 20.6 Å². The Labute approximate surface area is 277 Å². The van der Waals surface area contributed by atoms with E-state index in [1.165, 1.54) is 48.4 Å². The number of carbonyl (C=O) groups is 5.